The van der Waals surface area contributed by atoms with Crippen molar-refractivity contribution in [1.29, 1.82) is 0 Å². The van der Waals surface area contributed by atoms with Crippen LogP contribution in [0.1, 0.15) is 100.0 Å². The van der Waals surface area contributed by atoms with Crippen LogP contribution in [0.25, 0.3) is 5.76 Å². The quantitative estimate of drug-likeness (QED) is 0.0752. The van der Waals surface area contributed by atoms with Crippen molar-refractivity contribution in [3.05, 3.63) is 64.8 Å². The molecule has 1 aromatic carbocycles. The van der Waals surface area contributed by atoms with Gasteiger partial charge in [-0.3, -0.25) is 14.4 Å². The van der Waals surface area contributed by atoms with Crippen LogP contribution in [0.3, 0.4) is 0 Å². The van der Waals surface area contributed by atoms with Crippen LogP contribution in [0, 0.1) is 39.4 Å². The van der Waals surface area contributed by atoms with Crippen LogP contribution in [0.5, 0.6) is 11.5 Å². The third-order valence-electron chi connectivity index (χ3n) is 11.3. The fourth-order valence-corrected chi connectivity index (χ4v) is 9.10. The first kappa shape index (κ1) is 33.5. The highest BCUT2D eigenvalue weighted by atomic mass is 16.3. The predicted octanol–water partition coefficient (Wildman–Crippen LogP) is 8.45. The van der Waals surface area contributed by atoms with E-state index in [1.807, 2.05) is 54.5 Å². The summed E-state index contributed by atoms with van der Waals surface area (Å²) >= 11 is 0. The van der Waals surface area contributed by atoms with Crippen LogP contribution in [0.15, 0.2) is 59.2 Å². The molecule has 6 heteroatoms. The van der Waals surface area contributed by atoms with Crippen LogP contribution >= 0.6 is 0 Å². The fraction of sp³-hybridized carbons (Fsp3) is 0.553. The van der Waals surface area contributed by atoms with E-state index in [1.165, 1.54) is 12.1 Å². The molecule has 0 saturated heterocycles. The van der Waals surface area contributed by atoms with Gasteiger partial charge in [-0.2, -0.15) is 0 Å². The van der Waals surface area contributed by atoms with Crippen LogP contribution in [-0.2, 0) is 14.4 Å². The Balaban J connectivity index is 2.17. The standard InChI is InChI=1S/C38H50O6/c1-21(2)11-13-26-27-15-14-25(23(5)6)35(7,8)20-37(27)32(42)30(31(41)24-12-16-28(39)29(40)19-24)33(43)38(34(37)44,36(26,9)10)18-17-22(3)4/h11-12,16-17,19,25-27,39-41H,5,13-15,18,20H2,1-4,6-10H3/b31-30+/t25?,26-,27-,37-,38+/m0/s1. The van der Waals surface area contributed by atoms with Crippen molar-refractivity contribution in [2.45, 2.75) is 94.4 Å². The average Bonchev–Trinajstić information content (AvgIpc) is 3.02. The van der Waals surface area contributed by atoms with Gasteiger partial charge in [-0.15, -0.1) is 0 Å². The van der Waals surface area contributed by atoms with Crippen molar-refractivity contribution < 1.29 is 29.7 Å². The van der Waals surface area contributed by atoms with Crippen LogP contribution in [0.4, 0.5) is 0 Å². The molecule has 238 valence electrons. The number of aromatic hydroxyl groups is 2. The number of aliphatic hydroxyl groups is 1. The highest BCUT2D eigenvalue weighted by Crippen LogP contribution is 2.71. The minimum absolute atomic E-state index is 0.0290. The number of fused-ring (bicyclic) bond motifs is 1. The zero-order valence-electron chi connectivity index (χ0n) is 27.9. The van der Waals surface area contributed by atoms with Gasteiger partial charge in [-0.25, -0.2) is 0 Å². The summed E-state index contributed by atoms with van der Waals surface area (Å²) in [5.41, 5.74) is -1.75. The normalized spacial score (nSPS) is 31.8. The summed E-state index contributed by atoms with van der Waals surface area (Å²) in [5, 5.41) is 31.9. The molecule has 3 aliphatic rings. The van der Waals surface area contributed by atoms with E-state index in [-0.39, 0.29) is 47.5 Å². The van der Waals surface area contributed by atoms with Gasteiger partial charge in [-0.05, 0) is 114 Å². The molecule has 3 aliphatic carbocycles. The average molecular weight is 603 g/mol. The molecule has 2 bridgehead atoms. The van der Waals surface area contributed by atoms with Gasteiger partial charge in [0.1, 0.15) is 16.7 Å². The van der Waals surface area contributed by atoms with Crippen molar-refractivity contribution in [2.24, 2.45) is 39.4 Å². The molecule has 0 aliphatic heterocycles. The number of aliphatic hydroxyl groups excluding tert-OH is 1. The van der Waals surface area contributed by atoms with Gasteiger partial charge in [0.25, 0.3) is 0 Å². The molecular formula is C38H50O6. The molecule has 6 nitrogen and oxygen atoms in total. The maximum absolute atomic E-state index is 15.5. The van der Waals surface area contributed by atoms with E-state index < -0.39 is 50.5 Å². The highest BCUT2D eigenvalue weighted by molar-refractivity contribution is 6.41. The summed E-state index contributed by atoms with van der Waals surface area (Å²) in [6.07, 6.45) is 6.44. The topological polar surface area (TPSA) is 112 Å². The summed E-state index contributed by atoms with van der Waals surface area (Å²) in [5.74, 6) is -3.50. The molecule has 0 radical (unpaired) electrons. The number of hydrogen-bond acceptors (Lipinski definition) is 6. The highest BCUT2D eigenvalue weighted by Gasteiger charge is 2.77. The Morgan fingerprint density at radius 2 is 1.52 bits per heavy atom. The smallest absolute Gasteiger partial charge is 0.184 e. The van der Waals surface area contributed by atoms with E-state index in [4.69, 9.17) is 0 Å². The van der Waals surface area contributed by atoms with E-state index in [1.54, 1.807) is 0 Å². The van der Waals surface area contributed by atoms with Gasteiger partial charge in [0.2, 0.25) is 0 Å². The molecule has 1 spiro atoms. The number of phenolic OH excluding ortho intramolecular Hbond substituents is 2. The largest absolute Gasteiger partial charge is 0.506 e. The van der Waals surface area contributed by atoms with Gasteiger partial charge in [-0.1, -0.05) is 63.1 Å². The number of phenols is 2. The van der Waals surface area contributed by atoms with Crippen molar-refractivity contribution in [1.82, 2.24) is 0 Å². The molecule has 0 amide bonds. The molecule has 0 heterocycles. The molecule has 3 saturated carbocycles. The molecule has 4 rings (SSSR count). The van der Waals surface area contributed by atoms with Gasteiger partial charge < -0.3 is 15.3 Å². The second kappa shape index (κ2) is 11.2. The Kier molecular flexibility index (Phi) is 8.51. The Labute approximate surface area is 262 Å². The number of benzene rings is 1. The van der Waals surface area contributed by atoms with Crippen molar-refractivity contribution >= 4 is 23.1 Å². The number of carbonyl (C=O) groups is 3. The van der Waals surface area contributed by atoms with Crippen LogP contribution in [-0.4, -0.2) is 32.7 Å². The minimum Gasteiger partial charge on any atom is -0.506 e. The number of ketones is 3. The third kappa shape index (κ3) is 4.80. The van der Waals surface area contributed by atoms with E-state index >= 15 is 14.4 Å². The Hall–Kier alpha value is -3.41. The second-order valence-electron chi connectivity index (χ2n) is 15.4. The van der Waals surface area contributed by atoms with Crippen molar-refractivity contribution in [3.8, 4) is 11.5 Å². The summed E-state index contributed by atoms with van der Waals surface area (Å²) in [7, 11) is 0. The minimum atomic E-state index is -1.60. The zero-order chi connectivity index (χ0) is 33.2. The first-order valence-corrected chi connectivity index (χ1v) is 15.8. The molecule has 44 heavy (non-hydrogen) atoms. The van der Waals surface area contributed by atoms with Gasteiger partial charge in [0.15, 0.2) is 28.8 Å². The van der Waals surface area contributed by atoms with E-state index in [0.29, 0.717) is 12.8 Å². The molecule has 1 unspecified atom stereocenters. The number of rotatable bonds is 6. The van der Waals surface area contributed by atoms with E-state index in [9.17, 15) is 15.3 Å². The maximum atomic E-state index is 15.5. The fourth-order valence-electron chi connectivity index (χ4n) is 9.10. The number of hydrogen-bond donors (Lipinski definition) is 3. The van der Waals surface area contributed by atoms with Gasteiger partial charge >= 0.3 is 0 Å². The lowest BCUT2D eigenvalue weighted by molar-refractivity contribution is -0.188. The SMILES string of the molecule is C=C(C)C1CC[C@H]2[C@H](CC=C(C)C)C(C)(C)[C@]3(CC=C(C)C)C(=O)/C(=C(/O)c4ccc(O)c(O)c4)C(=O)[C@@]2(CC1(C)C)C3=O. The molecule has 3 N–H and O–H groups in total. The third-order valence-corrected chi connectivity index (χ3v) is 11.3. The van der Waals surface area contributed by atoms with Crippen LogP contribution < -0.4 is 0 Å². The Morgan fingerprint density at radius 1 is 0.909 bits per heavy atom. The summed E-state index contributed by atoms with van der Waals surface area (Å²) in [4.78, 5) is 45.6. The van der Waals surface area contributed by atoms with Crippen molar-refractivity contribution in [3.63, 3.8) is 0 Å². The molecule has 3 fully saturated rings. The van der Waals surface area contributed by atoms with Gasteiger partial charge in [0, 0.05) is 5.56 Å². The maximum Gasteiger partial charge on any atom is 0.184 e. The lowest BCUT2D eigenvalue weighted by Crippen LogP contribution is -2.73. The summed E-state index contributed by atoms with van der Waals surface area (Å²) in [6.45, 7) is 22.4. The number of carbonyl (C=O) groups excluding carboxylic acids is 3. The predicted molar refractivity (Wildman–Crippen MR) is 174 cm³/mol. The Bertz CT molecular complexity index is 1510. The Morgan fingerprint density at radius 3 is 2.07 bits per heavy atom. The van der Waals surface area contributed by atoms with Gasteiger partial charge in [0.05, 0.1) is 5.41 Å². The molecule has 1 aromatic rings. The van der Waals surface area contributed by atoms with Crippen LogP contribution in [0.2, 0.25) is 0 Å². The van der Waals surface area contributed by atoms with E-state index in [0.717, 1.165) is 29.2 Å². The molecular weight excluding hydrogens is 552 g/mol. The lowest BCUT2D eigenvalue weighted by atomic mass is 9.35. The second-order valence-corrected chi connectivity index (χ2v) is 15.4. The van der Waals surface area contributed by atoms with E-state index in [2.05, 4.69) is 26.5 Å². The summed E-state index contributed by atoms with van der Waals surface area (Å²) in [6, 6.07) is 3.70. The summed E-state index contributed by atoms with van der Waals surface area (Å²) < 4.78 is 0. The molecule has 0 aromatic heterocycles. The van der Waals surface area contributed by atoms with Crippen molar-refractivity contribution in [2.75, 3.05) is 0 Å². The molecule has 5 atom stereocenters. The zero-order valence-corrected chi connectivity index (χ0v) is 27.9. The monoisotopic (exact) mass is 602 g/mol. The number of allylic oxidation sites excluding steroid dienone is 6. The first-order chi connectivity index (χ1) is 20.3. The number of Topliss-reactive ketones (excluding diaryl/α,β-unsaturated/α-hetero) is 3. The lowest BCUT2D eigenvalue weighted by Gasteiger charge is -2.64. The first-order valence-electron chi connectivity index (χ1n) is 15.8.